The Balaban J connectivity index is 1.28. The quantitative estimate of drug-likeness (QED) is 0.865. The van der Waals surface area contributed by atoms with E-state index in [4.69, 9.17) is 5.11 Å². The van der Waals surface area contributed by atoms with Crippen LogP contribution in [0.4, 0.5) is 0 Å². The average Bonchev–Trinajstić information content (AvgIpc) is 3.42. The van der Waals surface area contributed by atoms with Gasteiger partial charge in [0.25, 0.3) is 0 Å². The lowest BCUT2D eigenvalue weighted by atomic mass is 9.90. The first-order valence-corrected chi connectivity index (χ1v) is 10.4. The third kappa shape index (κ3) is 3.77. The average molecular weight is 384 g/mol. The van der Waals surface area contributed by atoms with E-state index >= 15 is 0 Å². The Morgan fingerprint density at radius 1 is 0.929 bits per heavy atom. The summed E-state index contributed by atoms with van der Waals surface area (Å²) in [6, 6.07) is 6.50. The van der Waals surface area contributed by atoms with E-state index in [9.17, 15) is 14.4 Å². The summed E-state index contributed by atoms with van der Waals surface area (Å²) in [5, 5.41) is 8.96. The summed E-state index contributed by atoms with van der Waals surface area (Å²) in [7, 11) is 0. The van der Waals surface area contributed by atoms with Crippen molar-refractivity contribution < 1.29 is 19.5 Å². The van der Waals surface area contributed by atoms with Gasteiger partial charge in [-0.25, -0.2) is 4.79 Å². The van der Waals surface area contributed by atoms with Crippen LogP contribution in [0.5, 0.6) is 0 Å². The second kappa shape index (κ2) is 7.57. The molecule has 1 aromatic carbocycles. The highest BCUT2D eigenvalue weighted by Crippen LogP contribution is 2.60. The number of carboxylic acid groups (broad SMARTS) is 1. The van der Waals surface area contributed by atoms with Crippen LogP contribution in [0.1, 0.15) is 54.4 Å². The lowest BCUT2D eigenvalue weighted by molar-refractivity contribution is -0.135. The van der Waals surface area contributed by atoms with E-state index in [2.05, 4.69) is 4.90 Å². The minimum absolute atomic E-state index is 0.0810. The molecule has 3 aliphatic rings. The monoisotopic (exact) mass is 384 g/mol. The molecule has 6 nitrogen and oxygen atoms in total. The third-order valence-corrected chi connectivity index (χ3v) is 6.82. The Bertz CT molecular complexity index is 759. The smallest absolute Gasteiger partial charge is 0.335 e. The van der Waals surface area contributed by atoms with Crippen LogP contribution in [-0.4, -0.2) is 58.9 Å². The number of carbonyl (C=O) groups is 3. The summed E-state index contributed by atoms with van der Waals surface area (Å²) < 4.78 is 0. The van der Waals surface area contributed by atoms with Crippen LogP contribution in [0.25, 0.3) is 0 Å². The normalized spacial score (nSPS) is 23.5. The van der Waals surface area contributed by atoms with E-state index in [1.165, 1.54) is 18.6 Å². The fourth-order valence-electron chi connectivity index (χ4n) is 4.84. The lowest BCUT2D eigenvalue weighted by Crippen LogP contribution is -2.42. The molecule has 4 rings (SSSR count). The number of benzene rings is 1. The van der Waals surface area contributed by atoms with E-state index in [1.807, 2.05) is 4.90 Å². The zero-order valence-corrected chi connectivity index (χ0v) is 16.2. The molecule has 2 saturated heterocycles. The van der Waals surface area contributed by atoms with Gasteiger partial charge in [-0.15, -0.1) is 0 Å². The third-order valence-electron chi connectivity index (χ3n) is 6.82. The molecule has 0 aromatic heterocycles. The summed E-state index contributed by atoms with van der Waals surface area (Å²) >= 11 is 0. The Kier molecular flexibility index (Phi) is 5.13. The topological polar surface area (TPSA) is 77.9 Å². The van der Waals surface area contributed by atoms with Gasteiger partial charge in [0.2, 0.25) is 11.8 Å². The Labute approximate surface area is 165 Å². The second-order valence-electron chi connectivity index (χ2n) is 8.56. The molecule has 1 aromatic rings. The number of carbonyl (C=O) groups excluding carboxylic acids is 2. The number of hydrogen-bond donors (Lipinski definition) is 1. The molecule has 0 bridgehead atoms. The number of hydrogen-bond acceptors (Lipinski definition) is 3. The molecule has 0 radical (unpaired) electrons. The standard InChI is InChI=1S/C22H28N2O4/c25-19(14-16-4-6-17(7-5-16)21(27)28)23-12-8-22(9-13-23)15-18(22)20(26)24-10-2-1-3-11-24/h4-7,18H,1-3,8-15H2,(H,27,28). The first-order chi connectivity index (χ1) is 13.5. The number of rotatable bonds is 4. The summed E-state index contributed by atoms with van der Waals surface area (Å²) in [6.45, 7) is 3.26. The van der Waals surface area contributed by atoms with Crippen molar-refractivity contribution in [1.29, 1.82) is 0 Å². The molecule has 2 amide bonds. The molecular weight excluding hydrogens is 356 g/mol. The molecule has 1 aliphatic carbocycles. The van der Waals surface area contributed by atoms with E-state index < -0.39 is 5.97 Å². The van der Waals surface area contributed by atoms with E-state index in [0.29, 0.717) is 12.3 Å². The molecule has 1 saturated carbocycles. The van der Waals surface area contributed by atoms with Crippen molar-refractivity contribution in [2.75, 3.05) is 26.2 Å². The fourth-order valence-corrected chi connectivity index (χ4v) is 4.84. The molecule has 2 heterocycles. The predicted molar refractivity (Wildman–Crippen MR) is 104 cm³/mol. The number of piperidine rings is 2. The molecule has 150 valence electrons. The van der Waals surface area contributed by atoms with Crippen LogP contribution in [-0.2, 0) is 16.0 Å². The molecule has 1 atom stereocenters. The Morgan fingerprint density at radius 2 is 1.57 bits per heavy atom. The summed E-state index contributed by atoms with van der Waals surface area (Å²) in [6.07, 6.45) is 6.60. The number of aromatic carboxylic acids is 1. The van der Waals surface area contributed by atoms with Gasteiger partial charge in [-0.3, -0.25) is 9.59 Å². The number of carboxylic acids is 1. The maximum atomic E-state index is 12.8. The molecule has 6 heteroatoms. The fraction of sp³-hybridized carbons (Fsp3) is 0.591. The van der Waals surface area contributed by atoms with E-state index in [0.717, 1.165) is 63.8 Å². The molecule has 1 spiro atoms. The summed E-state index contributed by atoms with van der Waals surface area (Å²) in [5.74, 6) is -0.362. The van der Waals surface area contributed by atoms with Gasteiger partial charge in [0.1, 0.15) is 0 Å². The van der Waals surface area contributed by atoms with Gasteiger partial charge < -0.3 is 14.9 Å². The van der Waals surface area contributed by atoms with Crippen molar-refractivity contribution in [1.82, 2.24) is 9.80 Å². The molecule has 28 heavy (non-hydrogen) atoms. The zero-order valence-electron chi connectivity index (χ0n) is 16.2. The van der Waals surface area contributed by atoms with Crippen molar-refractivity contribution in [3.63, 3.8) is 0 Å². The van der Waals surface area contributed by atoms with Crippen molar-refractivity contribution in [3.8, 4) is 0 Å². The van der Waals surface area contributed by atoms with Gasteiger partial charge in [-0.05, 0) is 61.6 Å². The van der Waals surface area contributed by atoms with Gasteiger partial charge in [0.15, 0.2) is 0 Å². The Morgan fingerprint density at radius 3 is 2.18 bits per heavy atom. The van der Waals surface area contributed by atoms with E-state index in [1.54, 1.807) is 12.1 Å². The minimum Gasteiger partial charge on any atom is -0.478 e. The van der Waals surface area contributed by atoms with Crippen molar-refractivity contribution >= 4 is 17.8 Å². The largest absolute Gasteiger partial charge is 0.478 e. The molecular formula is C22H28N2O4. The van der Waals surface area contributed by atoms with Gasteiger partial charge >= 0.3 is 5.97 Å². The van der Waals surface area contributed by atoms with Crippen LogP contribution < -0.4 is 0 Å². The van der Waals surface area contributed by atoms with Crippen LogP contribution in [0.2, 0.25) is 0 Å². The predicted octanol–water partition coefficient (Wildman–Crippen LogP) is 2.57. The lowest BCUT2D eigenvalue weighted by Gasteiger charge is -2.34. The van der Waals surface area contributed by atoms with Crippen LogP contribution in [0.3, 0.4) is 0 Å². The molecule has 1 unspecified atom stereocenters. The second-order valence-corrected chi connectivity index (χ2v) is 8.56. The zero-order chi connectivity index (χ0) is 19.7. The Hall–Kier alpha value is -2.37. The number of amides is 2. The number of likely N-dealkylation sites (tertiary alicyclic amines) is 2. The first-order valence-electron chi connectivity index (χ1n) is 10.4. The van der Waals surface area contributed by atoms with Gasteiger partial charge in [-0.2, -0.15) is 0 Å². The van der Waals surface area contributed by atoms with Crippen LogP contribution >= 0.6 is 0 Å². The minimum atomic E-state index is -0.961. The van der Waals surface area contributed by atoms with Crippen molar-refractivity contribution in [2.24, 2.45) is 11.3 Å². The highest BCUT2D eigenvalue weighted by Gasteiger charge is 2.59. The van der Waals surface area contributed by atoms with E-state index in [-0.39, 0.29) is 22.8 Å². The van der Waals surface area contributed by atoms with Crippen molar-refractivity contribution in [3.05, 3.63) is 35.4 Å². The van der Waals surface area contributed by atoms with Crippen LogP contribution in [0, 0.1) is 11.3 Å². The molecule has 3 fully saturated rings. The van der Waals surface area contributed by atoms with Gasteiger partial charge in [0.05, 0.1) is 12.0 Å². The maximum Gasteiger partial charge on any atom is 0.335 e. The number of nitrogens with zero attached hydrogens (tertiary/aromatic N) is 2. The highest BCUT2D eigenvalue weighted by atomic mass is 16.4. The maximum absolute atomic E-state index is 12.8. The van der Waals surface area contributed by atoms with Gasteiger partial charge in [0, 0.05) is 32.1 Å². The highest BCUT2D eigenvalue weighted by molar-refractivity contribution is 5.88. The van der Waals surface area contributed by atoms with Gasteiger partial charge in [-0.1, -0.05) is 12.1 Å². The molecule has 1 N–H and O–H groups in total. The summed E-state index contributed by atoms with van der Waals surface area (Å²) in [4.78, 5) is 40.3. The summed E-state index contributed by atoms with van der Waals surface area (Å²) in [5.41, 5.74) is 1.20. The van der Waals surface area contributed by atoms with Crippen molar-refractivity contribution in [2.45, 2.75) is 44.9 Å². The first kappa shape index (κ1) is 19.0. The van der Waals surface area contributed by atoms with Crippen LogP contribution in [0.15, 0.2) is 24.3 Å². The SMILES string of the molecule is O=C(O)c1ccc(CC(=O)N2CCC3(CC2)CC3C(=O)N2CCCCC2)cc1. The molecule has 2 aliphatic heterocycles.